The van der Waals surface area contributed by atoms with Crippen molar-refractivity contribution in [2.75, 3.05) is 39.9 Å². The van der Waals surface area contributed by atoms with E-state index in [0.29, 0.717) is 32.6 Å². The standard InChI is InChI=1S/C26H40FN5O4/c1-4-6-9-22-25(34)30(14-8-16-36-15-7-5-2)18-23-31(22)24(33)19-29(3)32(23)26(35)28-17-20-10-12-21(27)13-11-20/h10-13,22-23H,4-9,14-19H2,1-3H3,(H,28,35)/t22-,23-/m0/s1. The van der Waals surface area contributed by atoms with Crippen LogP contribution in [0.4, 0.5) is 9.18 Å². The van der Waals surface area contributed by atoms with Crippen LogP contribution in [0.1, 0.15) is 57.9 Å². The first kappa shape index (κ1) is 27.9. The van der Waals surface area contributed by atoms with Crippen molar-refractivity contribution >= 4 is 17.8 Å². The fourth-order valence-corrected chi connectivity index (χ4v) is 4.75. The second-order valence-electron chi connectivity index (χ2n) is 9.49. The Labute approximate surface area is 213 Å². The number of rotatable bonds is 12. The minimum absolute atomic E-state index is 0.0155. The molecule has 36 heavy (non-hydrogen) atoms. The predicted molar refractivity (Wildman–Crippen MR) is 134 cm³/mol. The van der Waals surface area contributed by atoms with Crippen molar-refractivity contribution in [3.63, 3.8) is 0 Å². The van der Waals surface area contributed by atoms with Crippen LogP contribution in [-0.2, 0) is 20.9 Å². The molecule has 0 spiro atoms. The molecule has 0 aliphatic carbocycles. The van der Waals surface area contributed by atoms with Crippen LogP contribution in [0.15, 0.2) is 24.3 Å². The van der Waals surface area contributed by atoms with Crippen molar-refractivity contribution < 1.29 is 23.5 Å². The van der Waals surface area contributed by atoms with Crippen LogP contribution >= 0.6 is 0 Å². The highest BCUT2D eigenvalue weighted by atomic mass is 19.1. The highest BCUT2D eigenvalue weighted by molar-refractivity contribution is 5.91. The lowest BCUT2D eigenvalue weighted by molar-refractivity contribution is -0.187. The van der Waals surface area contributed by atoms with Crippen LogP contribution in [0, 0.1) is 5.82 Å². The number of amides is 4. The third kappa shape index (κ3) is 6.94. The Morgan fingerprint density at radius 3 is 2.47 bits per heavy atom. The molecule has 200 valence electrons. The zero-order valence-electron chi connectivity index (χ0n) is 21.7. The Balaban J connectivity index is 1.74. The van der Waals surface area contributed by atoms with Crippen molar-refractivity contribution in [2.45, 2.75) is 71.1 Å². The van der Waals surface area contributed by atoms with Gasteiger partial charge in [0.15, 0.2) is 0 Å². The van der Waals surface area contributed by atoms with E-state index in [1.165, 1.54) is 12.1 Å². The minimum Gasteiger partial charge on any atom is -0.381 e. The van der Waals surface area contributed by atoms with Gasteiger partial charge in [-0.05, 0) is 37.0 Å². The summed E-state index contributed by atoms with van der Waals surface area (Å²) in [4.78, 5) is 43.2. The maximum atomic E-state index is 13.4. The van der Waals surface area contributed by atoms with Gasteiger partial charge in [-0.2, -0.15) is 0 Å². The minimum atomic E-state index is -0.593. The summed E-state index contributed by atoms with van der Waals surface area (Å²) >= 11 is 0. The van der Waals surface area contributed by atoms with Gasteiger partial charge >= 0.3 is 6.03 Å². The number of likely N-dealkylation sites (N-methyl/N-ethyl adjacent to an activating group) is 1. The number of nitrogens with one attached hydrogen (secondary N) is 1. The number of carbonyl (C=O) groups excluding carboxylic acids is 3. The molecule has 2 atom stereocenters. The number of unbranched alkanes of at least 4 members (excludes halogenated alkanes) is 2. The molecule has 2 aliphatic rings. The number of hydrogen-bond acceptors (Lipinski definition) is 5. The molecule has 2 saturated heterocycles. The van der Waals surface area contributed by atoms with Crippen LogP contribution < -0.4 is 5.32 Å². The number of urea groups is 1. The van der Waals surface area contributed by atoms with E-state index in [1.54, 1.807) is 39.0 Å². The Morgan fingerprint density at radius 2 is 1.78 bits per heavy atom. The SMILES string of the molecule is CCCCOCCCN1C[C@H]2N(C(=O)CN(C)N2C(=O)NCc2ccc(F)cc2)[C@@H](CCCC)C1=O. The number of fused-ring (bicyclic) bond motifs is 1. The zero-order chi connectivity index (χ0) is 26.1. The van der Waals surface area contributed by atoms with Gasteiger partial charge in [-0.3, -0.25) is 9.59 Å². The molecular formula is C26H40FN5O4. The van der Waals surface area contributed by atoms with E-state index in [2.05, 4.69) is 19.2 Å². The molecule has 0 unspecified atom stereocenters. The van der Waals surface area contributed by atoms with Gasteiger partial charge in [-0.1, -0.05) is 45.2 Å². The van der Waals surface area contributed by atoms with Crippen LogP contribution in [0.3, 0.4) is 0 Å². The lowest BCUT2D eigenvalue weighted by Gasteiger charge is -2.54. The van der Waals surface area contributed by atoms with Gasteiger partial charge in [-0.15, -0.1) is 0 Å². The molecule has 1 aromatic rings. The molecule has 0 aromatic heterocycles. The van der Waals surface area contributed by atoms with E-state index < -0.39 is 12.2 Å². The van der Waals surface area contributed by atoms with Crippen LogP contribution in [-0.4, -0.2) is 89.8 Å². The van der Waals surface area contributed by atoms with E-state index in [9.17, 15) is 18.8 Å². The monoisotopic (exact) mass is 505 g/mol. The molecule has 0 saturated carbocycles. The Morgan fingerprint density at radius 1 is 1.08 bits per heavy atom. The average Bonchev–Trinajstić information content (AvgIpc) is 2.85. The summed E-state index contributed by atoms with van der Waals surface area (Å²) in [6, 6.07) is 4.99. The molecule has 10 heteroatoms. The highest BCUT2D eigenvalue weighted by Gasteiger charge is 2.50. The predicted octanol–water partition coefficient (Wildman–Crippen LogP) is 2.96. The third-order valence-electron chi connectivity index (χ3n) is 6.69. The van der Waals surface area contributed by atoms with Gasteiger partial charge < -0.3 is 19.9 Å². The molecule has 2 heterocycles. The summed E-state index contributed by atoms with van der Waals surface area (Å²) in [6.07, 6.45) is 4.47. The summed E-state index contributed by atoms with van der Waals surface area (Å²) in [5.41, 5.74) is 0.765. The summed E-state index contributed by atoms with van der Waals surface area (Å²) in [7, 11) is 1.70. The molecule has 0 radical (unpaired) electrons. The second-order valence-corrected chi connectivity index (χ2v) is 9.49. The van der Waals surface area contributed by atoms with Crippen molar-refractivity contribution in [2.24, 2.45) is 0 Å². The van der Waals surface area contributed by atoms with Gasteiger partial charge in [0.1, 0.15) is 18.0 Å². The fraction of sp³-hybridized carbons (Fsp3) is 0.654. The summed E-state index contributed by atoms with van der Waals surface area (Å²) in [5, 5.41) is 6.04. The maximum Gasteiger partial charge on any atom is 0.334 e. The number of nitrogens with zero attached hydrogens (tertiary/aromatic N) is 4. The molecule has 1 aromatic carbocycles. The van der Waals surface area contributed by atoms with E-state index in [4.69, 9.17) is 4.74 Å². The maximum absolute atomic E-state index is 13.4. The number of halogens is 1. The van der Waals surface area contributed by atoms with Crippen molar-refractivity contribution in [1.82, 2.24) is 25.1 Å². The summed E-state index contributed by atoms with van der Waals surface area (Å²) < 4.78 is 18.9. The Hall–Kier alpha value is -2.72. The zero-order valence-corrected chi connectivity index (χ0v) is 21.7. The lowest BCUT2D eigenvalue weighted by Crippen LogP contribution is -2.76. The molecule has 1 N–H and O–H groups in total. The number of piperazine rings is 1. The average molecular weight is 506 g/mol. The third-order valence-corrected chi connectivity index (χ3v) is 6.69. The Kier molecular flexibility index (Phi) is 10.5. The van der Waals surface area contributed by atoms with E-state index in [-0.39, 0.29) is 43.3 Å². The van der Waals surface area contributed by atoms with Crippen molar-refractivity contribution in [1.29, 1.82) is 0 Å². The Bertz CT molecular complexity index is 884. The topological polar surface area (TPSA) is 85.4 Å². The van der Waals surface area contributed by atoms with E-state index in [0.717, 1.165) is 31.2 Å². The van der Waals surface area contributed by atoms with Crippen LogP contribution in [0.5, 0.6) is 0 Å². The number of hydrogen-bond donors (Lipinski definition) is 1. The summed E-state index contributed by atoms with van der Waals surface area (Å²) in [5.74, 6) is -0.546. The van der Waals surface area contributed by atoms with E-state index in [1.807, 2.05) is 0 Å². The molecule has 3 rings (SSSR count). The van der Waals surface area contributed by atoms with Crippen molar-refractivity contribution in [3.8, 4) is 0 Å². The smallest absolute Gasteiger partial charge is 0.334 e. The first-order valence-electron chi connectivity index (χ1n) is 13.1. The number of carbonyl (C=O) groups is 3. The normalized spacial score (nSPS) is 20.6. The highest BCUT2D eigenvalue weighted by Crippen LogP contribution is 2.28. The van der Waals surface area contributed by atoms with Gasteiger partial charge in [-0.25, -0.2) is 19.2 Å². The first-order chi connectivity index (χ1) is 17.4. The van der Waals surface area contributed by atoms with Crippen LogP contribution in [0.2, 0.25) is 0 Å². The van der Waals surface area contributed by atoms with Gasteiger partial charge in [0.25, 0.3) is 0 Å². The molecule has 4 amide bonds. The quantitative estimate of drug-likeness (QED) is 0.442. The van der Waals surface area contributed by atoms with Gasteiger partial charge in [0, 0.05) is 33.4 Å². The number of ether oxygens (including phenoxy) is 1. The van der Waals surface area contributed by atoms with E-state index >= 15 is 0 Å². The summed E-state index contributed by atoms with van der Waals surface area (Å²) in [6.45, 7) is 6.44. The molecular weight excluding hydrogens is 465 g/mol. The first-order valence-corrected chi connectivity index (χ1v) is 13.1. The molecule has 9 nitrogen and oxygen atoms in total. The molecule has 2 aliphatic heterocycles. The molecule has 0 bridgehead atoms. The molecule has 2 fully saturated rings. The lowest BCUT2D eigenvalue weighted by atomic mass is 10.0. The van der Waals surface area contributed by atoms with Gasteiger partial charge in [0.2, 0.25) is 11.8 Å². The largest absolute Gasteiger partial charge is 0.381 e. The van der Waals surface area contributed by atoms with Gasteiger partial charge in [0.05, 0.1) is 13.1 Å². The van der Waals surface area contributed by atoms with Crippen LogP contribution in [0.25, 0.3) is 0 Å². The number of hydrazine groups is 1. The van der Waals surface area contributed by atoms with Crippen molar-refractivity contribution in [3.05, 3.63) is 35.6 Å². The second kappa shape index (κ2) is 13.5. The number of benzene rings is 1. The fourth-order valence-electron chi connectivity index (χ4n) is 4.75.